The van der Waals surface area contributed by atoms with Crippen LogP contribution >= 0.6 is 12.2 Å². The number of nitrogens with zero attached hydrogens (tertiary/aromatic N) is 3. The second kappa shape index (κ2) is 4.60. The number of ether oxygens (including phenoxy) is 1. The lowest BCUT2D eigenvalue weighted by Crippen LogP contribution is -2.24. The Morgan fingerprint density at radius 3 is 3.05 bits per heavy atom. The van der Waals surface area contributed by atoms with E-state index in [-0.39, 0.29) is 23.6 Å². The molecule has 102 valence electrons. The number of H-pyrrole nitrogens is 1. The number of aliphatic hydroxyl groups is 2. The van der Waals surface area contributed by atoms with Crippen molar-refractivity contribution in [2.24, 2.45) is 0 Å². The first-order valence-corrected chi connectivity index (χ1v) is 6.08. The van der Waals surface area contributed by atoms with Gasteiger partial charge in [0.05, 0.1) is 12.7 Å². The average Bonchev–Trinajstić information content (AvgIpc) is 2.89. The lowest BCUT2D eigenvalue weighted by Gasteiger charge is -2.16. The quantitative estimate of drug-likeness (QED) is 0.540. The Morgan fingerprint density at radius 2 is 2.37 bits per heavy atom. The molecule has 0 bridgehead atoms. The molecule has 3 heterocycles. The van der Waals surface area contributed by atoms with Gasteiger partial charge >= 0.3 is 0 Å². The molecule has 7 nitrogen and oxygen atoms in total. The van der Waals surface area contributed by atoms with Crippen LogP contribution in [0.15, 0.2) is 6.20 Å². The molecule has 0 spiro atoms. The smallest absolute Gasteiger partial charge is 0.293 e. The number of hydrogen-bond acceptors (Lipinski definition) is 6. The maximum atomic E-state index is 13.9. The molecule has 3 aliphatic rings. The molecule has 19 heavy (non-hydrogen) atoms. The van der Waals surface area contributed by atoms with Crippen LogP contribution in [-0.4, -0.2) is 48.5 Å². The molecule has 3 N–H and O–H groups in total. The number of aromatic nitrogens is 4. The number of rotatable bonds is 2. The van der Waals surface area contributed by atoms with Gasteiger partial charge in [-0.25, -0.2) is 0 Å². The molecule has 1 saturated heterocycles. The Kier molecular flexibility index (Phi) is 3.05. The molecule has 0 aromatic rings. The SMILES string of the molecule is OC[C@H]1OC(n2cc3[nH]c(=S)nc-3nc2F)C[C@@H]1O. The molecule has 3 rings (SSSR count). The van der Waals surface area contributed by atoms with Gasteiger partial charge < -0.3 is 19.9 Å². The fourth-order valence-corrected chi connectivity index (χ4v) is 2.32. The molecule has 3 aliphatic heterocycles. The predicted octanol–water partition coefficient (Wildman–Crippen LogP) is 0.220. The van der Waals surface area contributed by atoms with Crippen LogP contribution < -0.4 is 0 Å². The molecule has 1 unspecified atom stereocenters. The third-order valence-corrected chi connectivity index (χ3v) is 3.26. The van der Waals surface area contributed by atoms with E-state index in [9.17, 15) is 9.50 Å². The number of halogens is 1. The Balaban J connectivity index is 1.99. The molecule has 3 atom stereocenters. The van der Waals surface area contributed by atoms with Gasteiger partial charge in [-0.15, -0.1) is 0 Å². The average molecular weight is 286 g/mol. The second-order valence-corrected chi connectivity index (χ2v) is 4.70. The molecule has 0 amide bonds. The van der Waals surface area contributed by atoms with Crippen LogP contribution in [0, 0.1) is 10.8 Å². The third kappa shape index (κ3) is 2.14. The highest BCUT2D eigenvalue weighted by Gasteiger charge is 2.35. The zero-order valence-corrected chi connectivity index (χ0v) is 10.5. The molecule has 1 fully saturated rings. The number of hydrogen-bond donors (Lipinski definition) is 3. The van der Waals surface area contributed by atoms with Crippen molar-refractivity contribution >= 4 is 12.2 Å². The van der Waals surface area contributed by atoms with Crippen molar-refractivity contribution in [1.29, 1.82) is 0 Å². The fourth-order valence-electron chi connectivity index (χ4n) is 2.12. The Morgan fingerprint density at radius 1 is 1.58 bits per heavy atom. The summed E-state index contributed by atoms with van der Waals surface area (Å²) in [4.78, 5) is 10.3. The summed E-state index contributed by atoms with van der Waals surface area (Å²) in [6, 6.07) is 0. The zero-order chi connectivity index (χ0) is 13.6. The van der Waals surface area contributed by atoms with Gasteiger partial charge in [0.1, 0.15) is 18.0 Å². The molecule has 0 aromatic carbocycles. The van der Waals surface area contributed by atoms with Crippen LogP contribution in [0.4, 0.5) is 4.39 Å². The summed E-state index contributed by atoms with van der Waals surface area (Å²) in [7, 11) is 0. The van der Waals surface area contributed by atoms with Crippen molar-refractivity contribution in [3.8, 4) is 11.5 Å². The van der Waals surface area contributed by atoms with Gasteiger partial charge in [-0.2, -0.15) is 14.4 Å². The van der Waals surface area contributed by atoms with E-state index in [0.717, 1.165) is 4.57 Å². The minimum atomic E-state index is -0.839. The lowest BCUT2D eigenvalue weighted by molar-refractivity contribution is -0.0484. The van der Waals surface area contributed by atoms with E-state index in [1.807, 2.05) is 0 Å². The summed E-state index contributed by atoms with van der Waals surface area (Å²) in [5.41, 5.74) is 0.483. The van der Waals surface area contributed by atoms with Crippen molar-refractivity contribution in [2.45, 2.75) is 24.9 Å². The highest BCUT2D eigenvalue weighted by molar-refractivity contribution is 7.71. The van der Waals surface area contributed by atoms with Gasteiger partial charge in [0.25, 0.3) is 6.08 Å². The Labute approximate surface area is 112 Å². The lowest BCUT2D eigenvalue weighted by atomic mass is 10.2. The van der Waals surface area contributed by atoms with Crippen molar-refractivity contribution in [2.75, 3.05) is 6.61 Å². The minimum Gasteiger partial charge on any atom is -0.394 e. The predicted molar refractivity (Wildman–Crippen MR) is 63.4 cm³/mol. The molecular weight excluding hydrogens is 275 g/mol. The Hall–Kier alpha value is -1.42. The summed E-state index contributed by atoms with van der Waals surface area (Å²) in [5, 5.41) is 18.7. The molecule has 9 heteroatoms. The van der Waals surface area contributed by atoms with Gasteiger partial charge in [0.15, 0.2) is 10.6 Å². The van der Waals surface area contributed by atoms with Crippen LogP contribution in [-0.2, 0) is 4.74 Å². The van der Waals surface area contributed by atoms with E-state index in [1.54, 1.807) is 0 Å². The molecular formula is C10H11FN4O3S. The number of imidazole rings is 1. The second-order valence-electron chi connectivity index (χ2n) is 4.31. The number of fused-ring (bicyclic) bond motifs is 1. The monoisotopic (exact) mass is 286 g/mol. The summed E-state index contributed by atoms with van der Waals surface area (Å²) < 4.78 is 20.6. The summed E-state index contributed by atoms with van der Waals surface area (Å²) in [5.74, 6) is 0.191. The summed E-state index contributed by atoms with van der Waals surface area (Å²) >= 11 is 4.85. The topological polar surface area (TPSA) is 96.2 Å². The van der Waals surface area contributed by atoms with E-state index in [2.05, 4.69) is 15.0 Å². The van der Waals surface area contributed by atoms with Crippen LogP contribution in [0.1, 0.15) is 12.6 Å². The van der Waals surface area contributed by atoms with Crippen molar-refractivity contribution in [3.63, 3.8) is 0 Å². The van der Waals surface area contributed by atoms with Gasteiger partial charge in [-0.1, -0.05) is 0 Å². The van der Waals surface area contributed by atoms with Gasteiger partial charge in [0.2, 0.25) is 0 Å². The third-order valence-electron chi connectivity index (χ3n) is 3.06. The molecule has 0 radical (unpaired) electrons. The minimum absolute atomic E-state index is 0.175. The highest BCUT2D eigenvalue weighted by Crippen LogP contribution is 2.30. The molecule has 0 aliphatic carbocycles. The van der Waals surface area contributed by atoms with Crippen LogP contribution in [0.5, 0.6) is 0 Å². The first kappa shape index (κ1) is 12.6. The highest BCUT2D eigenvalue weighted by atomic mass is 32.1. The molecule has 0 saturated carbocycles. The standard InChI is InChI=1S/C10H11FN4O3S/c11-9-13-8-4(12-10(19)14-8)2-15(9)7-1-5(17)6(3-16)18-7/h2,5-7,16-17H,1,3H2,(H,12,19)/t5-,6+,7?/m0/s1. The number of aliphatic hydroxyl groups excluding tert-OH is 2. The maximum Gasteiger partial charge on any atom is 0.293 e. The summed E-state index contributed by atoms with van der Waals surface area (Å²) in [6.07, 6.45) is -1.45. The van der Waals surface area contributed by atoms with E-state index >= 15 is 0 Å². The number of nitrogens with one attached hydrogen (secondary N) is 1. The van der Waals surface area contributed by atoms with Gasteiger partial charge in [-0.05, 0) is 12.2 Å². The summed E-state index contributed by atoms with van der Waals surface area (Å²) in [6.45, 7) is -0.324. The van der Waals surface area contributed by atoms with Crippen LogP contribution in [0.3, 0.4) is 0 Å². The number of aromatic amines is 1. The first-order valence-electron chi connectivity index (χ1n) is 5.67. The van der Waals surface area contributed by atoms with E-state index < -0.39 is 24.5 Å². The van der Waals surface area contributed by atoms with E-state index in [1.165, 1.54) is 6.20 Å². The van der Waals surface area contributed by atoms with E-state index in [0.29, 0.717) is 5.69 Å². The van der Waals surface area contributed by atoms with Crippen LogP contribution in [0.25, 0.3) is 11.5 Å². The first-order chi connectivity index (χ1) is 9.08. The van der Waals surface area contributed by atoms with Crippen molar-refractivity contribution in [1.82, 2.24) is 19.5 Å². The van der Waals surface area contributed by atoms with E-state index in [4.69, 9.17) is 22.1 Å². The van der Waals surface area contributed by atoms with Gasteiger partial charge in [-0.3, -0.25) is 4.57 Å². The Bertz CT molecular complexity index is 630. The molecule has 0 aromatic heterocycles. The largest absolute Gasteiger partial charge is 0.394 e. The maximum absolute atomic E-state index is 13.9. The fraction of sp³-hybridized carbons (Fsp3) is 0.500. The van der Waals surface area contributed by atoms with Crippen molar-refractivity contribution < 1.29 is 19.3 Å². The zero-order valence-electron chi connectivity index (χ0n) is 9.65. The van der Waals surface area contributed by atoms with Crippen LogP contribution in [0.2, 0.25) is 0 Å². The van der Waals surface area contributed by atoms with Gasteiger partial charge in [0, 0.05) is 12.6 Å². The normalized spacial score (nSPS) is 27.2. The van der Waals surface area contributed by atoms with Crippen molar-refractivity contribution in [3.05, 3.63) is 17.0 Å².